The summed E-state index contributed by atoms with van der Waals surface area (Å²) in [6, 6.07) is 4.10. The number of H-pyrrole nitrogens is 2. The summed E-state index contributed by atoms with van der Waals surface area (Å²) in [5.41, 5.74) is 9.77. The predicted octanol–water partition coefficient (Wildman–Crippen LogP) is 1.45. The summed E-state index contributed by atoms with van der Waals surface area (Å²) < 4.78 is 0. The van der Waals surface area contributed by atoms with E-state index in [0.29, 0.717) is 6.54 Å². The van der Waals surface area contributed by atoms with Crippen molar-refractivity contribution < 1.29 is 0 Å². The topological polar surface area (TPSA) is 83.4 Å². The number of nitrogens with one attached hydrogen (secondary N) is 2. The highest BCUT2D eigenvalue weighted by molar-refractivity contribution is 5.93. The van der Waals surface area contributed by atoms with E-state index in [1.807, 2.05) is 18.5 Å². The van der Waals surface area contributed by atoms with E-state index in [1.165, 1.54) is 0 Å². The molecule has 3 aromatic rings. The first kappa shape index (κ1) is 10.0. The van der Waals surface area contributed by atoms with Crippen molar-refractivity contribution in [3.05, 3.63) is 36.4 Å². The zero-order valence-electron chi connectivity index (χ0n) is 9.27. The molecule has 0 saturated heterocycles. The predicted molar refractivity (Wildman–Crippen MR) is 66.4 cm³/mol. The van der Waals surface area contributed by atoms with Gasteiger partial charge < -0.3 is 10.7 Å². The molecule has 0 aliphatic rings. The van der Waals surface area contributed by atoms with Crippen molar-refractivity contribution in [2.24, 2.45) is 5.73 Å². The lowest BCUT2D eigenvalue weighted by Crippen LogP contribution is -2.02. The largest absolute Gasteiger partial charge is 0.343 e. The van der Waals surface area contributed by atoms with Crippen molar-refractivity contribution in [2.75, 3.05) is 6.54 Å². The van der Waals surface area contributed by atoms with E-state index >= 15 is 0 Å². The Hall–Kier alpha value is -2.14. The fraction of sp³-hybridized carbons (Fsp3) is 0.167. The molecule has 0 radical (unpaired) electrons. The second kappa shape index (κ2) is 4.03. The van der Waals surface area contributed by atoms with Gasteiger partial charge in [-0.15, -0.1) is 0 Å². The van der Waals surface area contributed by atoms with Crippen molar-refractivity contribution in [3.63, 3.8) is 0 Å². The summed E-state index contributed by atoms with van der Waals surface area (Å²) in [6.45, 7) is 0.633. The van der Waals surface area contributed by atoms with Crippen LogP contribution in [-0.4, -0.2) is 26.7 Å². The molecule has 4 N–H and O–H groups in total. The third-order valence-electron chi connectivity index (χ3n) is 2.81. The maximum absolute atomic E-state index is 5.56. The van der Waals surface area contributed by atoms with Crippen molar-refractivity contribution >= 4 is 11.0 Å². The Labute approximate surface area is 98.1 Å². The lowest BCUT2D eigenvalue weighted by molar-refractivity contribution is 0.938. The maximum Gasteiger partial charge on any atom is 0.138 e. The van der Waals surface area contributed by atoms with Crippen LogP contribution in [0.1, 0.15) is 5.69 Å². The lowest BCUT2D eigenvalue weighted by Gasteiger charge is -1.97. The lowest BCUT2D eigenvalue weighted by atomic mass is 10.1. The summed E-state index contributed by atoms with van der Waals surface area (Å²) >= 11 is 0. The molecule has 0 aliphatic heterocycles. The summed E-state index contributed by atoms with van der Waals surface area (Å²) in [7, 11) is 0. The van der Waals surface area contributed by atoms with Crippen LogP contribution in [-0.2, 0) is 6.42 Å². The molecule has 17 heavy (non-hydrogen) atoms. The van der Waals surface area contributed by atoms with Crippen LogP contribution >= 0.6 is 0 Å². The fourth-order valence-corrected chi connectivity index (χ4v) is 2.02. The zero-order chi connectivity index (χ0) is 11.7. The van der Waals surface area contributed by atoms with Gasteiger partial charge in [-0.3, -0.25) is 5.10 Å². The van der Waals surface area contributed by atoms with E-state index in [0.717, 1.165) is 34.3 Å². The molecule has 0 spiro atoms. The van der Waals surface area contributed by atoms with Gasteiger partial charge in [-0.25, -0.2) is 4.98 Å². The van der Waals surface area contributed by atoms with Crippen molar-refractivity contribution in [3.8, 4) is 11.1 Å². The molecule has 0 bridgehead atoms. The van der Waals surface area contributed by atoms with Gasteiger partial charge in [0.1, 0.15) is 5.65 Å². The van der Waals surface area contributed by atoms with Gasteiger partial charge in [-0.1, -0.05) is 0 Å². The van der Waals surface area contributed by atoms with Gasteiger partial charge in [0, 0.05) is 29.0 Å². The number of aromatic nitrogens is 4. The zero-order valence-corrected chi connectivity index (χ0v) is 9.27. The quantitative estimate of drug-likeness (QED) is 0.633. The molecular weight excluding hydrogens is 214 g/mol. The van der Waals surface area contributed by atoms with E-state index < -0.39 is 0 Å². The van der Waals surface area contributed by atoms with Gasteiger partial charge in [0.2, 0.25) is 0 Å². The van der Waals surface area contributed by atoms with Crippen LogP contribution in [0, 0.1) is 0 Å². The van der Waals surface area contributed by atoms with Crippen LogP contribution in [0.15, 0.2) is 30.7 Å². The SMILES string of the molecule is NCCc1cc2c(-c3cn[nH]c3)ccnc2[nH]1. The molecule has 3 rings (SSSR count). The Bertz CT molecular complexity index is 623. The second-order valence-electron chi connectivity index (χ2n) is 3.94. The number of nitrogens with two attached hydrogens (primary N) is 1. The number of nitrogens with zero attached hydrogens (tertiary/aromatic N) is 2. The van der Waals surface area contributed by atoms with Crippen LogP contribution in [0.5, 0.6) is 0 Å². The molecule has 0 saturated carbocycles. The number of rotatable bonds is 3. The van der Waals surface area contributed by atoms with Gasteiger partial charge >= 0.3 is 0 Å². The molecule has 0 aliphatic carbocycles. The molecule has 0 amide bonds. The van der Waals surface area contributed by atoms with E-state index in [4.69, 9.17) is 5.73 Å². The van der Waals surface area contributed by atoms with Gasteiger partial charge in [0.15, 0.2) is 0 Å². The monoisotopic (exact) mass is 227 g/mol. The molecule has 5 nitrogen and oxygen atoms in total. The summed E-state index contributed by atoms with van der Waals surface area (Å²) in [4.78, 5) is 7.60. The van der Waals surface area contributed by atoms with E-state index in [2.05, 4.69) is 26.2 Å². The molecular formula is C12H13N5. The highest BCUT2D eigenvalue weighted by Gasteiger charge is 2.08. The Kier molecular flexibility index (Phi) is 2.38. The van der Waals surface area contributed by atoms with Gasteiger partial charge in [0.05, 0.1) is 6.20 Å². The highest BCUT2D eigenvalue weighted by Crippen LogP contribution is 2.27. The molecule has 0 fully saturated rings. The van der Waals surface area contributed by atoms with Gasteiger partial charge in [0.25, 0.3) is 0 Å². The van der Waals surface area contributed by atoms with Gasteiger partial charge in [-0.2, -0.15) is 5.10 Å². The normalized spacial score (nSPS) is 11.1. The van der Waals surface area contributed by atoms with Crippen LogP contribution in [0.25, 0.3) is 22.2 Å². The summed E-state index contributed by atoms with van der Waals surface area (Å²) in [5, 5.41) is 7.91. The average molecular weight is 227 g/mol. The number of aromatic amines is 2. The number of pyridine rings is 1. The second-order valence-corrected chi connectivity index (χ2v) is 3.94. The Morgan fingerprint density at radius 1 is 1.35 bits per heavy atom. The standard InChI is InChI=1S/C12H13N5/c13-3-1-9-5-11-10(8-6-15-16-7-8)2-4-14-12(11)17-9/h2,4-7H,1,3,13H2,(H,14,17)(H,15,16). The maximum atomic E-state index is 5.56. The third kappa shape index (κ3) is 1.70. The van der Waals surface area contributed by atoms with Crippen LogP contribution in [0.4, 0.5) is 0 Å². The molecule has 5 heteroatoms. The fourth-order valence-electron chi connectivity index (χ4n) is 2.02. The Balaban J connectivity index is 2.18. The third-order valence-corrected chi connectivity index (χ3v) is 2.81. The molecule has 86 valence electrons. The van der Waals surface area contributed by atoms with E-state index in [1.54, 1.807) is 6.20 Å². The van der Waals surface area contributed by atoms with E-state index in [9.17, 15) is 0 Å². The van der Waals surface area contributed by atoms with Crippen molar-refractivity contribution in [1.29, 1.82) is 0 Å². The Morgan fingerprint density at radius 3 is 3.06 bits per heavy atom. The molecule has 0 unspecified atom stereocenters. The van der Waals surface area contributed by atoms with Crippen molar-refractivity contribution in [1.82, 2.24) is 20.2 Å². The molecule has 3 heterocycles. The van der Waals surface area contributed by atoms with Crippen molar-refractivity contribution in [2.45, 2.75) is 6.42 Å². The first-order chi connectivity index (χ1) is 8.38. The van der Waals surface area contributed by atoms with Crippen LogP contribution in [0.2, 0.25) is 0 Å². The number of fused-ring (bicyclic) bond motifs is 1. The minimum Gasteiger partial charge on any atom is -0.343 e. The number of hydrogen-bond acceptors (Lipinski definition) is 3. The van der Waals surface area contributed by atoms with E-state index in [-0.39, 0.29) is 0 Å². The smallest absolute Gasteiger partial charge is 0.138 e. The molecule has 3 aromatic heterocycles. The first-order valence-electron chi connectivity index (χ1n) is 5.54. The minimum absolute atomic E-state index is 0.633. The molecule has 0 atom stereocenters. The van der Waals surface area contributed by atoms with Gasteiger partial charge in [-0.05, 0) is 30.7 Å². The van der Waals surface area contributed by atoms with Crippen LogP contribution < -0.4 is 5.73 Å². The Morgan fingerprint density at radius 2 is 2.29 bits per heavy atom. The average Bonchev–Trinajstić information content (AvgIpc) is 2.97. The minimum atomic E-state index is 0.633. The summed E-state index contributed by atoms with van der Waals surface area (Å²) in [5.74, 6) is 0. The number of hydrogen-bond donors (Lipinski definition) is 3. The first-order valence-corrected chi connectivity index (χ1v) is 5.54. The molecule has 0 aromatic carbocycles. The highest BCUT2D eigenvalue weighted by atomic mass is 15.1. The summed E-state index contributed by atoms with van der Waals surface area (Å²) in [6.07, 6.45) is 6.32. The van der Waals surface area contributed by atoms with Crippen LogP contribution in [0.3, 0.4) is 0 Å².